The molecule has 8 heteroatoms. The minimum atomic E-state index is -0.415. The van der Waals surface area contributed by atoms with Gasteiger partial charge in [-0.1, -0.05) is 24.3 Å². The summed E-state index contributed by atoms with van der Waals surface area (Å²) in [5, 5.41) is 4.20. The zero-order chi connectivity index (χ0) is 22.8. The van der Waals surface area contributed by atoms with Gasteiger partial charge in [-0.2, -0.15) is 12.6 Å². The van der Waals surface area contributed by atoms with Gasteiger partial charge in [0.15, 0.2) is 0 Å². The lowest BCUT2D eigenvalue weighted by atomic mass is 9.98. The lowest BCUT2D eigenvalue weighted by Crippen LogP contribution is -2.29. The van der Waals surface area contributed by atoms with E-state index in [-0.39, 0.29) is 11.5 Å². The molecule has 0 unspecified atom stereocenters. The molecule has 0 aliphatic carbocycles. The van der Waals surface area contributed by atoms with Crippen LogP contribution in [0.2, 0.25) is 0 Å². The van der Waals surface area contributed by atoms with Gasteiger partial charge in [-0.25, -0.2) is 9.38 Å². The quantitative estimate of drug-likeness (QED) is 0.352. The van der Waals surface area contributed by atoms with E-state index in [9.17, 15) is 9.18 Å². The Hall–Kier alpha value is -2.94. The SMILES string of the molecule is C1COC1.N/C(=C\C(=Nc1ccc(F)cc1)c1cccc2c1COC2)C(=O)NC/C=C\S. The van der Waals surface area contributed by atoms with Crippen molar-refractivity contribution in [1.82, 2.24) is 5.32 Å². The molecule has 2 aliphatic rings. The maximum atomic E-state index is 13.2. The number of carbonyl (C=O) groups excluding carboxylic acids is 1. The lowest BCUT2D eigenvalue weighted by molar-refractivity contribution is -0.117. The minimum absolute atomic E-state index is 0.0185. The first-order valence-corrected chi connectivity index (χ1v) is 10.8. The second kappa shape index (κ2) is 12.2. The molecule has 6 nitrogen and oxygen atoms in total. The van der Waals surface area contributed by atoms with Crippen LogP contribution in [0.5, 0.6) is 0 Å². The second-order valence-electron chi connectivity index (χ2n) is 7.07. The number of fused-ring (bicyclic) bond motifs is 1. The van der Waals surface area contributed by atoms with Crippen molar-refractivity contribution < 1.29 is 18.7 Å². The number of benzene rings is 2. The average Bonchev–Trinajstić information content (AvgIpc) is 3.22. The standard InChI is InChI=1S/C21H20FN3O2S.C3H6O/c22-15-5-7-16(8-6-15)25-20(11-19(23)21(26)24-9-2-10-28)17-4-1-3-14-12-27-13-18(14)17;1-2-4-3-1/h1-8,10-11,28H,9,12-13,23H2,(H,24,26);1-3H2/b10-2-,19-11-,25-20?;. The summed E-state index contributed by atoms with van der Waals surface area (Å²) in [6.45, 7) is 3.30. The number of nitrogens with two attached hydrogens (primary N) is 1. The molecule has 1 fully saturated rings. The summed E-state index contributed by atoms with van der Waals surface area (Å²) < 4.78 is 23.5. The fraction of sp³-hybridized carbons (Fsp3) is 0.250. The van der Waals surface area contributed by atoms with Crippen LogP contribution in [-0.4, -0.2) is 31.4 Å². The molecule has 32 heavy (non-hydrogen) atoms. The number of halogens is 1. The first-order chi connectivity index (χ1) is 15.6. The van der Waals surface area contributed by atoms with Gasteiger partial charge < -0.3 is 20.5 Å². The summed E-state index contributed by atoms with van der Waals surface area (Å²) in [6, 6.07) is 11.6. The van der Waals surface area contributed by atoms with Crippen LogP contribution >= 0.6 is 12.6 Å². The van der Waals surface area contributed by atoms with E-state index in [0.29, 0.717) is 31.2 Å². The van der Waals surface area contributed by atoms with Crippen molar-refractivity contribution in [2.75, 3.05) is 19.8 Å². The highest BCUT2D eigenvalue weighted by molar-refractivity contribution is 7.83. The molecule has 0 bridgehead atoms. The maximum absolute atomic E-state index is 13.2. The molecule has 1 saturated heterocycles. The monoisotopic (exact) mass is 455 g/mol. The Morgan fingerprint density at radius 1 is 1.16 bits per heavy atom. The van der Waals surface area contributed by atoms with Gasteiger partial charge in [0.05, 0.1) is 30.3 Å². The van der Waals surface area contributed by atoms with Crippen LogP contribution in [0.1, 0.15) is 23.1 Å². The van der Waals surface area contributed by atoms with E-state index in [1.807, 2.05) is 18.2 Å². The van der Waals surface area contributed by atoms with E-state index in [4.69, 9.17) is 15.2 Å². The smallest absolute Gasteiger partial charge is 0.267 e. The Morgan fingerprint density at radius 2 is 1.88 bits per heavy atom. The van der Waals surface area contributed by atoms with Gasteiger partial charge in [-0.15, -0.1) is 0 Å². The van der Waals surface area contributed by atoms with Crippen molar-refractivity contribution in [1.29, 1.82) is 0 Å². The number of thiol groups is 1. The number of carbonyl (C=O) groups is 1. The molecule has 2 aromatic carbocycles. The van der Waals surface area contributed by atoms with E-state index in [1.54, 1.807) is 18.2 Å². The van der Waals surface area contributed by atoms with Crippen molar-refractivity contribution >= 4 is 29.9 Å². The van der Waals surface area contributed by atoms with Gasteiger partial charge in [-0.05, 0) is 53.3 Å². The van der Waals surface area contributed by atoms with Gasteiger partial charge in [0.1, 0.15) is 5.82 Å². The molecule has 1 amide bonds. The van der Waals surface area contributed by atoms with E-state index >= 15 is 0 Å². The van der Waals surface area contributed by atoms with Crippen LogP contribution in [-0.2, 0) is 27.5 Å². The first kappa shape index (κ1) is 23.7. The molecule has 0 aromatic heterocycles. The topological polar surface area (TPSA) is 85.9 Å². The minimum Gasteiger partial charge on any atom is -0.394 e. The van der Waals surface area contributed by atoms with Crippen LogP contribution < -0.4 is 11.1 Å². The molecular formula is C24H26FN3O3S. The molecule has 2 aromatic rings. The molecule has 4 rings (SSSR count). The van der Waals surface area contributed by atoms with E-state index in [1.165, 1.54) is 30.0 Å². The van der Waals surface area contributed by atoms with Crippen LogP contribution in [0.15, 0.2) is 70.7 Å². The Balaban J connectivity index is 0.000000650. The predicted octanol–water partition coefficient (Wildman–Crippen LogP) is 3.79. The number of hydrogen-bond acceptors (Lipinski definition) is 6. The number of ether oxygens (including phenoxy) is 2. The van der Waals surface area contributed by atoms with Crippen LogP contribution in [0.3, 0.4) is 0 Å². The third kappa shape index (κ3) is 6.78. The summed E-state index contributed by atoms with van der Waals surface area (Å²) in [7, 11) is 0. The predicted molar refractivity (Wildman–Crippen MR) is 126 cm³/mol. The summed E-state index contributed by atoms with van der Waals surface area (Å²) >= 11 is 3.94. The first-order valence-electron chi connectivity index (χ1n) is 10.2. The zero-order valence-electron chi connectivity index (χ0n) is 17.6. The van der Waals surface area contributed by atoms with Gasteiger partial charge in [0.2, 0.25) is 0 Å². The van der Waals surface area contributed by atoms with Gasteiger partial charge in [-0.3, -0.25) is 4.79 Å². The van der Waals surface area contributed by atoms with Crippen LogP contribution in [0.25, 0.3) is 0 Å². The molecule has 2 aliphatic heterocycles. The average molecular weight is 456 g/mol. The Bertz CT molecular complexity index is 1010. The lowest BCUT2D eigenvalue weighted by Gasteiger charge is -2.10. The van der Waals surface area contributed by atoms with Crippen molar-refractivity contribution in [3.05, 3.63) is 88.2 Å². The number of rotatable bonds is 6. The highest BCUT2D eigenvalue weighted by Crippen LogP contribution is 2.26. The van der Waals surface area contributed by atoms with Gasteiger partial charge >= 0.3 is 0 Å². The molecule has 0 saturated carbocycles. The molecule has 168 valence electrons. The largest absolute Gasteiger partial charge is 0.394 e. The zero-order valence-corrected chi connectivity index (χ0v) is 18.5. The fourth-order valence-corrected chi connectivity index (χ4v) is 3.04. The molecular weight excluding hydrogens is 429 g/mol. The van der Waals surface area contributed by atoms with E-state index in [0.717, 1.165) is 29.9 Å². The van der Waals surface area contributed by atoms with Gasteiger partial charge in [0, 0.05) is 25.3 Å². The van der Waals surface area contributed by atoms with Crippen molar-refractivity contribution in [2.45, 2.75) is 19.6 Å². The Labute approximate surface area is 192 Å². The normalized spacial score (nSPS) is 15.6. The second-order valence-corrected chi connectivity index (χ2v) is 7.37. The third-order valence-corrected chi connectivity index (χ3v) is 4.96. The summed E-state index contributed by atoms with van der Waals surface area (Å²) in [5.41, 5.74) is 9.97. The number of nitrogens with one attached hydrogen (secondary N) is 1. The molecule has 0 spiro atoms. The van der Waals surface area contributed by atoms with E-state index in [2.05, 4.69) is 22.9 Å². The molecule has 2 heterocycles. The van der Waals surface area contributed by atoms with Crippen LogP contribution in [0, 0.1) is 5.82 Å². The van der Waals surface area contributed by atoms with Crippen molar-refractivity contribution in [3.8, 4) is 0 Å². The molecule has 3 N–H and O–H groups in total. The highest BCUT2D eigenvalue weighted by Gasteiger charge is 2.18. The highest BCUT2D eigenvalue weighted by atomic mass is 32.1. The molecule has 0 atom stereocenters. The summed E-state index contributed by atoms with van der Waals surface area (Å²) in [5.74, 6) is -0.761. The number of hydrogen-bond donors (Lipinski definition) is 3. The summed E-state index contributed by atoms with van der Waals surface area (Å²) in [4.78, 5) is 16.8. The number of nitrogens with zero attached hydrogens (tertiary/aromatic N) is 1. The van der Waals surface area contributed by atoms with E-state index < -0.39 is 5.91 Å². The Morgan fingerprint density at radius 3 is 2.53 bits per heavy atom. The number of amides is 1. The Kier molecular flexibility index (Phi) is 9.03. The molecule has 0 radical (unpaired) electrons. The maximum Gasteiger partial charge on any atom is 0.267 e. The van der Waals surface area contributed by atoms with Gasteiger partial charge in [0.25, 0.3) is 5.91 Å². The fourth-order valence-electron chi connectivity index (χ4n) is 2.93. The third-order valence-electron chi connectivity index (χ3n) is 4.75. The number of aliphatic imine (C=N–C) groups is 1. The van der Waals surface area contributed by atoms with Crippen molar-refractivity contribution in [2.24, 2.45) is 10.7 Å². The van der Waals surface area contributed by atoms with Crippen molar-refractivity contribution in [3.63, 3.8) is 0 Å². The number of allylic oxidation sites excluding steroid dienone is 1. The van der Waals surface area contributed by atoms with Crippen LogP contribution in [0.4, 0.5) is 10.1 Å². The summed E-state index contributed by atoms with van der Waals surface area (Å²) in [6.07, 6.45) is 4.49.